The van der Waals surface area contributed by atoms with Gasteiger partial charge >= 0.3 is 6.03 Å². The first kappa shape index (κ1) is 27.6. The molecule has 1 aliphatic rings. The molecule has 194 valence electrons. The van der Waals surface area contributed by atoms with Crippen molar-refractivity contribution in [2.75, 3.05) is 4.90 Å². The summed E-state index contributed by atoms with van der Waals surface area (Å²) in [6, 6.07) is 13.3. The number of hydrogen-bond acceptors (Lipinski definition) is 4. The number of nitrogens with zero attached hydrogens (tertiary/aromatic N) is 1. The normalized spacial score (nSPS) is 14.6. The van der Waals surface area contributed by atoms with Crippen LogP contribution in [0.5, 0.6) is 5.75 Å². The van der Waals surface area contributed by atoms with Crippen LogP contribution < -0.4 is 15.0 Å². The smallest absolute Gasteiger partial charge is 0.335 e. The van der Waals surface area contributed by atoms with Crippen molar-refractivity contribution in [1.82, 2.24) is 5.32 Å². The molecule has 0 bridgehead atoms. The van der Waals surface area contributed by atoms with Gasteiger partial charge in [0.15, 0.2) is 0 Å². The Labute approximate surface area is 239 Å². The Morgan fingerprint density at radius 3 is 2.37 bits per heavy atom. The van der Waals surface area contributed by atoms with Crippen LogP contribution in [0.25, 0.3) is 6.08 Å². The topological polar surface area (TPSA) is 75.7 Å². The van der Waals surface area contributed by atoms with Crippen LogP contribution in [0.3, 0.4) is 0 Å². The molecule has 1 aliphatic heterocycles. The molecule has 4 amide bonds. The Kier molecular flexibility index (Phi) is 8.41. The molecular formula is C29H23BrCl2N2O4. The van der Waals surface area contributed by atoms with Crippen molar-refractivity contribution in [3.8, 4) is 5.75 Å². The van der Waals surface area contributed by atoms with Gasteiger partial charge in [0.2, 0.25) is 0 Å². The minimum Gasteiger partial charge on any atom is -0.487 e. The fraction of sp³-hybridized carbons (Fsp3) is 0.138. The number of nitrogens with one attached hydrogen (secondary N) is 1. The summed E-state index contributed by atoms with van der Waals surface area (Å²) in [6.45, 7) is 7.76. The first-order valence-corrected chi connectivity index (χ1v) is 13.1. The second-order valence-electron chi connectivity index (χ2n) is 8.81. The first-order chi connectivity index (χ1) is 18.1. The van der Waals surface area contributed by atoms with Crippen LogP contribution in [0.1, 0.15) is 27.8 Å². The molecular weight excluding hydrogens is 591 g/mol. The van der Waals surface area contributed by atoms with Crippen LogP contribution in [0.4, 0.5) is 10.5 Å². The fourth-order valence-corrected chi connectivity index (χ4v) is 5.25. The van der Waals surface area contributed by atoms with Crippen LogP contribution in [-0.2, 0) is 22.6 Å². The molecule has 6 nitrogen and oxygen atoms in total. The number of rotatable bonds is 7. The minimum atomic E-state index is -0.791. The lowest BCUT2D eigenvalue weighted by molar-refractivity contribution is -0.122. The van der Waals surface area contributed by atoms with E-state index in [-0.39, 0.29) is 12.2 Å². The Balaban J connectivity index is 1.68. The average Bonchev–Trinajstić information content (AvgIpc) is 2.82. The molecule has 1 heterocycles. The van der Waals surface area contributed by atoms with Gasteiger partial charge < -0.3 is 4.74 Å². The largest absolute Gasteiger partial charge is 0.487 e. The Bertz CT molecular complexity index is 1500. The first-order valence-electron chi connectivity index (χ1n) is 11.6. The highest BCUT2D eigenvalue weighted by atomic mass is 79.9. The van der Waals surface area contributed by atoms with E-state index in [1.165, 1.54) is 6.08 Å². The third kappa shape index (κ3) is 6.01. The number of aryl methyl sites for hydroxylation is 2. The molecule has 1 saturated heterocycles. The van der Waals surface area contributed by atoms with E-state index < -0.39 is 17.8 Å². The summed E-state index contributed by atoms with van der Waals surface area (Å²) in [5, 5.41) is 3.29. The second-order valence-corrected chi connectivity index (χ2v) is 10.5. The van der Waals surface area contributed by atoms with Crippen LogP contribution >= 0.6 is 39.1 Å². The highest BCUT2D eigenvalue weighted by Gasteiger charge is 2.37. The number of ether oxygens (including phenoxy) is 1. The number of carbonyl (C=O) groups excluding carboxylic acids is 3. The number of barbiturate groups is 1. The molecule has 0 unspecified atom stereocenters. The third-order valence-corrected chi connectivity index (χ3v) is 6.95. The molecule has 0 radical (unpaired) electrons. The maximum Gasteiger partial charge on any atom is 0.335 e. The average molecular weight is 614 g/mol. The fourth-order valence-electron chi connectivity index (χ4n) is 4.15. The van der Waals surface area contributed by atoms with Gasteiger partial charge in [-0.3, -0.25) is 14.9 Å². The van der Waals surface area contributed by atoms with E-state index in [1.54, 1.807) is 48.5 Å². The second kappa shape index (κ2) is 11.6. The van der Waals surface area contributed by atoms with Gasteiger partial charge in [-0.05, 0) is 101 Å². The Hall–Kier alpha value is -3.39. The summed E-state index contributed by atoms with van der Waals surface area (Å²) in [4.78, 5) is 39.6. The Morgan fingerprint density at radius 2 is 1.71 bits per heavy atom. The monoisotopic (exact) mass is 612 g/mol. The lowest BCUT2D eigenvalue weighted by Crippen LogP contribution is -2.54. The summed E-state index contributed by atoms with van der Waals surface area (Å²) >= 11 is 15.8. The maximum absolute atomic E-state index is 13.4. The highest BCUT2D eigenvalue weighted by molar-refractivity contribution is 9.10. The van der Waals surface area contributed by atoms with Crippen molar-refractivity contribution in [2.24, 2.45) is 0 Å². The Morgan fingerprint density at radius 1 is 1.00 bits per heavy atom. The molecule has 0 aromatic heterocycles. The molecule has 9 heteroatoms. The zero-order valence-corrected chi connectivity index (χ0v) is 23.7. The number of urea groups is 1. The van der Waals surface area contributed by atoms with Gasteiger partial charge in [0.25, 0.3) is 11.8 Å². The molecule has 0 aliphatic carbocycles. The van der Waals surface area contributed by atoms with Crippen LogP contribution in [0.15, 0.2) is 71.2 Å². The molecule has 0 spiro atoms. The third-order valence-electron chi connectivity index (χ3n) is 5.77. The number of anilines is 1. The number of hydrogen-bond donors (Lipinski definition) is 1. The van der Waals surface area contributed by atoms with Gasteiger partial charge in [0.1, 0.15) is 17.9 Å². The number of amides is 4. The minimum absolute atomic E-state index is 0.165. The lowest BCUT2D eigenvalue weighted by Gasteiger charge is -2.27. The van der Waals surface area contributed by atoms with E-state index in [0.717, 1.165) is 27.2 Å². The van der Waals surface area contributed by atoms with Gasteiger partial charge in [-0.15, -0.1) is 6.58 Å². The number of allylic oxidation sites excluding steroid dienone is 1. The standard InChI is InChI=1S/C29H23BrCl2N2O4/c1-4-5-19-11-18(13-24(30)26(19)38-15-20-6-7-21(31)14-25(20)32)12-23-27(35)33-29(37)34(28(23)36)22-9-16(2)8-17(3)10-22/h4,6-14H,1,5,15H2,2-3H3,(H,33,35,37)/b23-12+. The van der Waals surface area contributed by atoms with Gasteiger partial charge in [0, 0.05) is 15.6 Å². The molecule has 0 saturated carbocycles. The number of carbonyl (C=O) groups is 3. The van der Waals surface area contributed by atoms with Crippen LogP contribution in [-0.4, -0.2) is 17.8 Å². The van der Waals surface area contributed by atoms with Gasteiger partial charge in [-0.25, -0.2) is 9.69 Å². The molecule has 38 heavy (non-hydrogen) atoms. The summed E-state index contributed by atoms with van der Waals surface area (Å²) in [7, 11) is 0. The predicted octanol–water partition coefficient (Wildman–Crippen LogP) is 7.35. The highest BCUT2D eigenvalue weighted by Crippen LogP contribution is 2.34. The zero-order chi connectivity index (χ0) is 27.6. The quantitative estimate of drug-likeness (QED) is 0.172. The molecule has 4 rings (SSSR count). The van der Waals surface area contributed by atoms with Crippen molar-refractivity contribution in [3.05, 3.63) is 109 Å². The number of imide groups is 2. The van der Waals surface area contributed by atoms with Gasteiger partial charge in [-0.2, -0.15) is 0 Å². The molecule has 3 aromatic rings. The molecule has 0 atom stereocenters. The van der Waals surface area contributed by atoms with Crippen LogP contribution in [0, 0.1) is 13.8 Å². The summed E-state index contributed by atoms with van der Waals surface area (Å²) in [6.07, 6.45) is 3.64. The van der Waals surface area contributed by atoms with Crippen molar-refractivity contribution < 1.29 is 19.1 Å². The molecule has 3 aromatic carbocycles. The lowest BCUT2D eigenvalue weighted by atomic mass is 10.0. The molecule has 1 fully saturated rings. The van der Waals surface area contributed by atoms with Crippen molar-refractivity contribution in [3.63, 3.8) is 0 Å². The van der Waals surface area contributed by atoms with E-state index in [4.69, 9.17) is 27.9 Å². The van der Waals surface area contributed by atoms with E-state index in [9.17, 15) is 14.4 Å². The van der Waals surface area contributed by atoms with Gasteiger partial charge in [0.05, 0.1) is 10.2 Å². The van der Waals surface area contributed by atoms with Crippen molar-refractivity contribution >= 4 is 68.7 Å². The predicted molar refractivity (Wildman–Crippen MR) is 154 cm³/mol. The van der Waals surface area contributed by atoms with Crippen molar-refractivity contribution in [1.29, 1.82) is 0 Å². The van der Waals surface area contributed by atoms with E-state index in [0.29, 0.717) is 37.9 Å². The maximum atomic E-state index is 13.4. The van der Waals surface area contributed by atoms with Crippen molar-refractivity contribution in [2.45, 2.75) is 26.9 Å². The summed E-state index contributed by atoms with van der Waals surface area (Å²) in [5.41, 5.74) is 4.10. The van der Waals surface area contributed by atoms with E-state index in [2.05, 4.69) is 27.8 Å². The number of halogens is 3. The zero-order valence-electron chi connectivity index (χ0n) is 20.6. The summed E-state index contributed by atoms with van der Waals surface area (Å²) < 4.78 is 6.69. The SMILES string of the molecule is C=CCc1cc(/C=C2\C(=O)NC(=O)N(c3cc(C)cc(C)c3)C2=O)cc(Br)c1OCc1ccc(Cl)cc1Cl. The van der Waals surface area contributed by atoms with E-state index in [1.807, 2.05) is 19.9 Å². The van der Waals surface area contributed by atoms with E-state index >= 15 is 0 Å². The van der Waals surface area contributed by atoms with Crippen LogP contribution in [0.2, 0.25) is 10.0 Å². The summed E-state index contributed by atoms with van der Waals surface area (Å²) in [5.74, 6) is -0.896. The molecule has 1 N–H and O–H groups in total. The van der Waals surface area contributed by atoms with Gasteiger partial charge in [-0.1, -0.05) is 41.4 Å². The number of benzene rings is 3.